The molecule has 0 aromatic heterocycles. The third kappa shape index (κ3) is 3.59. The van der Waals surface area contributed by atoms with Gasteiger partial charge in [-0.25, -0.2) is 0 Å². The molecule has 2 aromatic rings. The van der Waals surface area contributed by atoms with Crippen LogP contribution in [0.2, 0.25) is 10.0 Å². The monoisotopic (exact) mass is 493 g/mol. The number of hydrogen-bond acceptors (Lipinski definition) is 2. The average Bonchev–Trinajstić information content (AvgIpc) is 2.45. The molecule has 0 N–H and O–H groups in total. The Hall–Kier alpha value is -0.610. The van der Waals surface area contributed by atoms with E-state index >= 15 is 0 Å². The minimum atomic E-state index is -1.04. The number of ketones is 1. The first-order valence-corrected chi connectivity index (χ1v) is 8.41. The lowest BCUT2D eigenvalue weighted by atomic mass is 9.92. The molecule has 2 rings (SSSR count). The average molecular weight is 495 g/mol. The molecular weight excluding hydrogens is 488 g/mol. The zero-order valence-electron chi connectivity index (χ0n) is 10.4. The SMILES string of the molecule is N#CC(C(=O)c1cc(I)ccc1Br)c1c(Cl)cccc1Cl. The first kappa shape index (κ1) is 16.8. The van der Waals surface area contributed by atoms with Crippen LogP contribution in [0.15, 0.2) is 40.9 Å². The van der Waals surface area contributed by atoms with E-state index in [0.717, 1.165) is 3.57 Å². The summed E-state index contributed by atoms with van der Waals surface area (Å²) in [7, 11) is 0. The van der Waals surface area contributed by atoms with Crippen molar-refractivity contribution in [2.75, 3.05) is 0 Å². The van der Waals surface area contributed by atoms with Gasteiger partial charge in [0.2, 0.25) is 0 Å². The van der Waals surface area contributed by atoms with Gasteiger partial charge in [0, 0.05) is 29.2 Å². The van der Waals surface area contributed by atoms with Gasteiger partial charge in [0.25, 0.3) is 0 Å². The van der Waals surface area contributed by atoms with Crippen molar-refractivity contribution in [2.24, 2.45) is 0 Å². The summed E-state index contributed by atoms with van der Waals surface area (Å²) in [5.74, 6) is -1.38. The Morgan fingerprint density at radius 1 is 1.24 bits per heavy atom. The lowest BCUT2D eigenvalue weighted by Crippen LogP contribution is -2.13. The van der Waals surface area contributed by atoms with E-state index < -0.39 is 5.92 Å². The molecule has 0 aliphatic carbocycles. The molecule has 6 heteroatoms. The predicted octanol–water partition coefficient (Wildman–Crippen LogP) is 5.85. The molecule has 2 nitrogen and oxygen atoms in total. The second-order valence-electron chi connectivity index (χ2n) is 4.19. The molecule has 0 aliphatic rings. The van der Waals surface area contributed by atoms with Crippen LogP contribution < -0.4 is 0 Å². The van der Waals surface area contributed by atoms with Gasteiger partial charge in [0.1, 0.15) is 5.92 Å². The number of nitriles is 1. The van der Waals surface area contributed by atoms with Gasteiger partial charge >= 0.3 is 0 Å². The Labute approximate surface area is 154 Å². The highest BCUT2D eigenvalue weighted by Crippen LogP contribution is 2.34. The Balaban J connectivity index is 2.55. The van der Waals surface area contributed by atoms with Gasteiger partial charge in [-0.2, -0.15) is 5.26 Å². The van der Waals surface area contributed by atoms with Crippen molar-refractivity contribution in [1.82, 2.24) is 0 Å². The van der Waals surface area contributed by atoms with Crippen molar-refractivity contribution >= 4 is 67.5 Å². The standard InChI is InChI=1S/C15H7BrCl2INO/c16-11-5-4-8(19)6-9(11)15(21)10(7-20)14-12(17)2-1-3-13(14)18/h1-6,10H. The van der Waals surface area contributed by atoms with Gasteiger partial charge in [-0.15, -0.1) is 0 Å². The number of benzene rings is 2. The zero-order chi connectivity index (χ0) is 15.6. The normalized spacial score (nSPS) is 11.8. The van der Waals surface area contributed by atoms with Gasteiger partial charge in [0.15, 0.2) is 5.78 Å². The topological polar surface area (TPSA) is 40.9 Å². The summed E-state index contributed by atoms with van der Waals surface area (Å²) in [4.78, 5) is 12.7. The molecule has 0 aliphatic heterocycles. The minimum absolute atomic E-state index is 0.309. The van der Waals surface area contributed by atoms with Gasteiger partial charge in [-0.05, 0) is 52.9 Å². The van der Waals surface area contributed by atoms with Crippen LogP contribution in [0.25, 0.3) is 0 Å². The van der Waals surface area contributed by atoms with Crippen LogP contribution in [-0.2, 0) is 0 Å². The van der Waals surface area contributed by atoms with E-state index in [2.05, 4.69) is 38.5 Å². The summed E-state index contributed by atoms with van der Waals surface area (Å²) in [6.45, 7) is 0. The third-order valence-electron chi connectivity index (χ3n) is 2.87. The van der Waals surface area contributed by atoms with Crippen LogP contribution in [0.4, 0.5) is 0 Å². The van der Waals surface area contributed by atoms with Crippen molar-refractivity contribution in [3.8, 4) is 6.07 Å². The summed E-state index contributed by atoms with van der Waals surface area (Å²) in [5.41, 5.74) is 0.781. The fraction of sp³-hybridized carbons (Fsp3) is 0.0667. The summed E-state index contributed by atoms with van der Waals surface area (Å²) in [5, 5.41) is 10.0. The van der Waals surface area contributed by atoms with E-state index in [9.17, 15) is 10.1 Å². The number of carbonyl (C=O) groups excluding carboxylic acids is 1. The molecule has 0 spiro atoms. The first-order valence-electron chi connectivity index (χ1n) is 5.78. The van der Waals surface area contributed by atoms with E-state index in [1.54, 1.807) is 30.3 Å². The second kappa shape index (κ2) is 7.10. The molecule has 106 valence electrons. The molecule has 2 aromatic carbocycles. The largest absolute Gasteiger partial charge is 0.292 e. The smallest absolute Gasteiger partial charge is 0.185 e. The Morgan fingerprint density at radius 2 is 1.86 bits per heavy atom. The van der Waals surface area contributed by atoms with Crippen LogP contribution in [0.3, 0.4) is 0 Å². The maximum absolute atomic E-state index is 12.7. The van der Waals surface area contributed by atoms with E-state index in [1.165, 1.54) is 0 Å². The van der Waals surface area contributed by atoms with Crippen molar-refractivity contribution in [3.63, 3.8) is 0 Å². The van der Waals surface area contributed by atoms with Crippen molar-refractivity contribution in [2.45, 2.75) is 5.92 Å². The maximum Gasteiger partial charge on any atom is 0.185 e. The highest BCUT2D eigenvalue weighted by molar-refractivity contribution is 14.1. The summed E-state index contributed by atoms with van der Waals surface area (Å²) in [6.07, 6.45) is 0. The number of nitrogens with zero attached hydrogens (tertiary/aromatic N) is 1. The molecule has 21 heavy (non-hydrogen) atoms. The van der Waals surface area contributed by atoms with Crippen LogP contribution in [-0.4, -0.2) is 5.78 Å². The Kier molecular flexibility index (Phi) is 5.67. The zero-order valence-corrected chi connectivity index (χ0v) is 15.7. The van der Waals surface area contributed by atoms with Crippen molar-refractivity contribution < 1.29 is 4.79 Å². The molecular formula is C15H7BrCl2INO. The molecule has 0 bridgehead atoms. The lowest BCUT2D eigenvalue weighted by Gasteiger charge is -2.13. The van der Waals surface area contributed by atoms with Crippen molar-refractivity contribution in [3.05, 3.63) is 65.6 Å². The number of hydrogen-bond donors (Lipinski definition) is 0. The molecule has 1 atom stereocenters. The van der Waals surface area contributed by atoms with Crippen molar-refractivity contribution in [1.29, 1.82) is 5.26 Å². The summed E-state index contributed by atoms with van der Waals surface area (Å²) < 4.78 is 1.54. The quantitative estimate of drug-likeness (QED) is 0.396. The fourth-order valence-corrected chi connectivity index (χ4v) is 3.43. The van der Waals surface area contributed by atoms with E-state index in [-0.39, 0.29) is 5.78 Å². The number of rotatable bonds is 3. The molecule has 0 saturated carbocycles. The van der Waals surface area contributed by atoms with E-state index in [1.807, 2.05) is 12.1 Å². The number of Topliss-reactive ketones (excluding diaryl/α,β-unsaturated/α-hetero) is 1. The van der Waals surface area contributed by atoms with E-state index in [0.29, 0.717) is 25.6 Å². The van der Waals surface area contributed by atoms with Gasteiger partial charge < -0.3 is 0 Å². The Morgan fingerprint density at radius 3 is 2.43 bits per heavy atom. The molecule has 0 fully saturated rings. The first-order chi connectivity index (χ1) is 9.95. The van der Waals surface area contributed by atoms with Crippen LogP contribution in [0, 0.1) is 14.9 Å². The van der Waals surface area contributed by atoms with Crippen LogP contribution in [0.5, 0.6) is 0 Å². The highest BCUT2D eigenvalue weighted by atomic mass is 127. The van der Waals surface area contributed by atoms with Crippen LogP contribution >= 0.6 is 61.7 Å². The summed E-state index contributed by atoms with van der Waals surface area (Å²) >= 11 is 17.7. The van der Waals surface area contributed by atoms with Gasteiger partial charge in [-0.1, -0.05) is 45.2 Å². The molecule has 0 amide bonds. The van der Waals surface area contributed by atoms with Crippen LogP contribution in [0.1, 0.15) is 21.8 Å². The third-order valence-corrected chi connectivity index (χ3v) is 4.90. The fourth-order valence-electron chi connectivity index (χ4n) is 1.88. The molecule has 0 saturated heterocycles. The highest BCUT2D eigenvalue weighted by Gasteiger charge is 2.27. The lowest BCUT2D eigenvalue weighted by molar-refractivity contribution is 0.0978. The molecule has 0 radical (unpaired) electrons. The second-order valence-corrected chi connectivity index (χ2v) is 7.10. The maximum atomic E-state index is 12.7. The Bertz CT molecular complexity index is 738. The number of carbonyl (C=O) groups is 1. The summed E-state index contributed by atoms with van der Waals surface area (Å²) in [6, 6.07) is 12.3. The molecule has 0 heterocycles. The number of halogens is 4. The van der Waals surface area contributed by atoms with Gasteiger partial charge in [-0.3, -0.25) is 4.79 Å². The molecule has 1 unspecified atom stereocenters. The van der Waals surface area contributed by atoms with E-state index in [4.69, 9.17) is 23.2 Å². The predicted molar refractivity (Wildman–Crippen MR) is 96.0 cm³/mol. The minimum Gasteiger partial charge on any atom is -0.292 e. The van der Waals surface area contributed by atoms with Gasteiger partial charge in [0.05, 0.1) is 6.07 Å².